The van der Waals surface area contributed by atoms with Crippen molar-refractivity contribution >= 4 is 19.8 Å². The van der Waals surface area contributed by atoms with Crippen molar-refractivity contribution in [1.82, 2.24) is 0 Å². The molecule has 0 aromatic heterocycles. The van der Waals surface area contributed by atoms with Gasteiger partial charge in [0.1, 0.15) is 6.61 Å². The number of phosphoric ester groups is 1. The third-order valence-electron chi connectivity index (χ3n) is 9.78. The Morgan fingerprint density at radius 3 is 1.19 bits per heavy atom. The zero-order chi connectivity index (χ0) is 38.2. The highest BCUT2D eigenvalue weighted by atomic mass is 31.2. The predicted octanol–water partition coefficient (Wildman–Crippen LogP) is 13.4. The van der Waals surface area contributed by atoms with Crippen molar-refractivity contribution in [2.75, 3.05) is 13.2 Å². The zero-order valence-electron chi connectivity index (χ0n) is 34.0. The van der Waals surface area contributed by atoms with E-state index in [1.807, 2.05) is 0 Å². The molecule has 9 heteroatoms. The molecule has 1 atom stereocenters. The van der Waals surface area contributed by atoms with Crippen LogP contribution in [0.25, 0.3) is 0 Å². The first-order valence-corrected chi connectivity index (χ1v) is 23.5. The van der Waals surface area contributed by atoms with Crippen molar-refractivity contribution < 1.29 is 37.9 Å². The van der Waals surface area contributed by atoms with Gasteiger partial charge in [-0.15, -0.1) is 0 Å². The monoisotopic (exact) mass is 759 g/mol. The van der Waals surface area contributed by atoms with Crippen LogP contribution in [-0.4, -0.2) is 41.0 Å². The van der Waals surface area contributed by atoms with Crippen LogP contribution in [0.1, 0.15) is 232 Å². The van der Waals surface area contributed by atoms with Gasteiger partial charge in [0.15, 0.2) is 6.10 Å². The second-order valence-corrected chi connectivity index (χ2v) is 16.3. The summed E-state index contributed by atoms with van der Waals surface area (Å²) in [6, 6.07) is 0. The van der Waals surface area contributed by atoms with E-state index in [9.17, 15) is 14.2 Å². The maximum atomic E-state index is 12.4. The molecule has 8 nitrogen and oxygen atoms in total. The Labute approximate surface area is 320 Å². The van der Waals surface area contributed by atoms with Crippen LogP contribution in [0.2, 0.25) is 0 Å². The number of hydrogen-bond acceptors (Lipinski definition) is 6. The van der Waals surface area contributed by atoms with Crippen LogP contribution in [0.15, 0.2) is 12.2 Å². The molecule has 0 aliphatic heterocycles. The van der Waals surface area contributed by atoms with Crippen molar-refractivity contribution in [3.8, 4) is 0 Å². The first kappa shape index (κ1) is 50.8. The van der Waals surface area contributed by atoms with Crippen LogP contribution < -0.4 is 0 Å². The number of rotatable bonds is 41. The summed E-state index contributed by atoms with van der Waals surface area (Å²) in [7, 11) is -4.75. The SMILES string of the molecule is CCCCCC/C=C/CCCCCCCCCCCC(=O)OC[C@H](COP(=O)(O)O)OC(=O)CCCCCCCCCCCCCCCCCCC. The standard InChI is InChI=1S/C43H83O8P/c1-3-5-7-9-11-13-15-17-19-21-23-25-27-29-31-33-35-37-42(44)49-39-41(40-50-52(46,47)48)51-43(45)38-36-34-32-30-28-26-24-22-20-18-16-14-12-10-8-6-4-2/h13,15,41H,3-12,14,16-40H2,1-2H3,(H2,46,47,48)/b15-13+/t41-/m1/s1. The Hall–Kier alpha value is -1.21. The lowest BCUT2D eigenvalue weighted by Gasteiger charge is -2.18. The van der Waals surface area contributed by atoms with Gasteiger partial charge in [-0.1, -0.05) is 193 Å². The fourth-order valence-electron chi connectivity index (χ4n) is 6.49. The molecule has 0 aromatic carbocycles. The molecule has 0 rings (SSSR count). The van der Waals surface area contributed by atoms with E-state index in [1.165, 1.54) is 167 Å². The molecular weight excluding hydrogens is 675 g/mol. The average molecular weight is 759 g/mol. The molecule has 308 valence electrons. The molecule has 0 radical (unpaired) electrons. The molecule has 0 spiro atoms. The number of esters is 2. The largest absolute Gasteiger partial charge is 0.469 e. The molecule has 0 saturated heterocycles. The summed E-state index contributed by atoms with van der Waals surface area (Å²) in [5.74, 6) is -0.873. The highest BCUT2D eigenvalue weighted by Crippen LogP contribution is 2.36. The summed E-state index contributed by atoms with van der Waals surface area (Å²) in [4.78, 5) is 42.9. The highest BCUT2D eigenvalue weighted by molar-refractivity contribution is 7.46. The Balaban J connectivity index is 3.85. The Bertz CT molecular complexity index is 858. The van der Waals surface area contributed by atoms with Crippen molar-refractivity contribution in [1.29, 1.82) is 0 Å². The molecule has 0 aliphatic rings. The van der Waals surface area contributed by atoms with Gasteiger partial charge in [0.25, 0.3) is 0 Å². The average Bonchev–Trinajstić information content (AvgIpc) is 3.11. The Kier molecular flexibility index (Phi) is 38.6. The van der Waals surface area contributed by atoms with Crippen molar-refractivity contribution in [3.63, 3.8) is 0 Å². The molecule has 0 saturated carbocycles. The number of allylic oxidation sites excluding steroid dienone is 2. The summed E-state index contributed by atoms with van der Waals surface area (Å²) >= 11 is 0. The molecule has 0 unspecified atom stereocenters. The summed E-state index contributed by atoms with van der Waals surface area (Å²) in [6.45, 7) is 3.70. The second-order valence-electron chi connectivity index (χ2n) is 15.0. The summed E-state index contributed by atoms with van der Waals surface area (Å²) in [5.41, 5.74) is 0. The first-order valence-electron chi connectivity index (χ1n) is 22.0. The maximum absolute atomic E-state index is 12.4. The number of hydrogen-bond donors (Lipinski definition) is 2. The molecule has 52 heavy (non-hydrogen) atoms. The number of carbonyl (C=O) groups excluding carboxylic acids is 2. The van der Waals surface area contributed by atoms with E-state index in [0.29, 0.717) is 6.42 Å². The normalized spacial score (nSPS) is 12.5. The summed E-state index contributed by atoms with van der Waals surface area (Å²) < 4.78 is 26.4. The Morgan fingerprint density at radius 1 is 0.481 bits per heavy atom. The first-order chi connectivity index (χ1) is 25.3. The van der Waals surface area contributed by atoms with Crippen molar-refractivity contribution in [2.24, 2.45) is 0 Å². The fourth-order valence-corrected chi connectivity index (χ4v) is 6.85. The van der Waals surface area contributed by atoms with Crippen LogP contribution in [0.4, 0.5) is 0 Å². The van der Waals surface area contributed by atoms with E-state index < -0.39 is 32.5 Å². The lowest BCUT2D eigenvalue weighted by Crippen LogP contribution is -2.29. The molecular formula is C43H83O8P. The second kappa shape index (κ2) is 39.5. The van der Waals surface area contributed by atoms with Crippen LogP contribution in [-0.2, 0) is 28.2 Å². The summed E-state index contributed by atoms with van der Waals surface area (Å²) in [6.07, 6.45) is 43.6. The van der Waals surface area contributed by atoms with Crippen LogP contribution >= 0.6 is 7.82 Å². The van der Waals surface area contributed by atoms with Gasteiger partial charge in [0.05, 0.1) is 6.61 Å². The van der Waals surface area contributed by atoms with E-state index in [4.69, 9.17) is 19.3 Å². The number of ether oxygens (including phenoxy) is 2. The maximum Gasteiger partial charge on any atom is 0.469 e. The van der Waals surface area contributed by atoms with Gasteiger partial charge in [-0.05, 0) is 38.5 Å². The molecule has 0 fully saturated rings. The Morgan fingerprint density at radius 2 is 0.808 bits per heavy atom. The minimum atomic E-state index is -4.75. The third kappa shape index (κ3) is 41.5. The van der Waals surface area contributed by atoms with Gasteiger partial charge in [-0.2, -0.15) is 0 Å². The van der Waals surface area contributed by atoms with Crippen molar-refractivity contribution in [3.05, 3.63) is 12.2 Å². The topological polar surface area (TPSA) is 119 Å². The fraction of sp³-hybridized carbons (Fsp3) is 0.907. The lowest BCUT2D eigenvalue weighted by atomic mass is 10.0. The molecule has 2 N–H and O–H groups in total. The van der Waals surface area contributed by atoms with E-state index in [-0.39, 0.29) is 19.4 Å². The van der Waals surface area contributed by atoms with E-state index in [2.05, 4.69) is 30.5 Å². The van der Waals surface area contributed by atoms with Gasteiger partial charge in [-0.3, -0.25) is 14.1 Å². The van der Waals surface area contributed by atoms with Gasteiger partial charge < -0.3 is 19.3 Å². The molecule has 0 aromatic rings. The highest BCUT2D eigenvalue weighted by Gasteiger charge is 2.22. The van der Waals surface area contributed by atoms with Crippen LogP contribution in [0.3, 0.4) is 0 Å². The third-order valence-corrected chi connectivity index (χ3v) is 10.3. The lowest BCUT2D eigenvalue weighted by molar-refractivity contribution is -0.161. The molecule has 0 bridgehead atoms. The molecule has 0 aliphatic carbocycles. The smallest absolute Gasteiger partial charge is 0.462 e. The quantitative estimate of drug-likeness (QED) is 0.0274. The zero-order valence-corrected chi connectivity index (χ0v) is 34.9. The van der Waals surface area contributed by atoms with Gasteiger partial charge in [-0.25, -0.2) is 4.57 Å². The predicted molar refractivity (Wildman–Crippen MR) is 216 cm³/mol. The molecule has 0 amide bonds. The molecule has 0 heterocycles. The van der Waals surface area contributed by atoms with E-state index in [1.54, 1.807) is 0 Å². The summed E-state index contributed by atoms with van der Waals surface area (Å²) in [5, 5.41) is 0. The van der Waals surface area contributed by atoms with E-state index >= 15 is 0 Å². The number of unbranched alkanes of at least 4 members (excludes halogenated alkanes) is 29. The minimum Gasteiger partial charge on any atom is -0.462 e. The number of phosphoric acid groups is 1. The van der Waals surface area contributed by atoms with Crippen LogP contribution in [0.5, 0.6) is 0 Å². The number of carbonyl (C=O) groups is 2. The van der Waals surface area contributed by atoms with Gasteiger partial charge in [0, 0.05) is 12.8 Å². The van der Waals surface area contributed by atoms with Crippen molar-refractivity contribution in [2.45, 2.75) is 238 Å². The van der Waals surface area contributed by atoms with Gasteiger partial charge >= 0.3 is 19.8 Å². The minimum absolute atomic E-state index is 0.218. The van der Waals surface area contributed by atoms with Gasteiger partial charge in [0.2, 0.25) is 0 Å². The van der Waals surface area contributed by atoms with Crippen LogP contribution in [0, 0.1) is 0 Å². The van der Waals surface area contributed by atoms with E-state index in [0.717, 1.165) is 32.1 Å².